The molecule has 0 unspecified atom stereocenters. The highest BCUT2D eigenvalue weighted by molar-refractivity contribution is 6.07. The molecule has 2 aliphatic carbocycles. The molecule has 1 aromatic heterocycles. The van der Waals surface area contributed by atoms with Gasteiger partial charge in [0.25, 0.3) is 0 Å². The third-order valence-corrected chi connectivity index (χ3v) is 11.1. The maximum Gasteiger partial charge on any atom is 0.135 e. The van der Waals surface area contributed by atoms with Crippen LogP contribution in [0.3, 0.4) is 0 Å². The number of rotatable bonds is 4. The maximum absolute atomic E-state index is 6.30. The lowest BCUT2D eigenvalue weighted by molar-refractivity contribution is 0.669. The standard InChI is InChI=1S/C49H31NO/c1-2-14-32(15-3-1)35-16-7-12-24-46(35)50(33-27-29-48-41(30-33)40-20-8-13-25-47(40)51-48)34-26-28-39-38-19-6-11-23-44(38)49(45(39)31-34)42-21-9-4-17-36(42)37-18-5-10-22-43(37)49/h1-31H. The molecular weight excluding hydrogens is 619 g/mol. The van der Waals surface area contributed by atoms with Gasteiger partial charge in [0.2, 0.25) is 0 Å². The zero-order chi connectivity index (χ0) is 33.5. The second kappa shape index (κ2) is 10.7. The van der Waals surface area contributed by atoms with Crippen LogP contribution in [0.4, 0.5) is 17.1 Å². The van der Waals surface area contributed by atoms with Crippen LogP contribution in [0.15, 0.2) is 192 Å². The minimum absolute atomic E-state index is 0.426. The van der Waals surface area contributed by atoms with Crippen molar-refractivity contribution in [2.24, 2.45) is 0 Å². The topological polar surface area (TPSA) is 16.4 Å². The number of fused-ring (bicyclic) bond motifs is 13. The molecule has 0 saturated heterocycles. The monoisotopic (exact) mass is 649 g/mol. The van der Waals surface area contributed by atoms with Crippen molar-refractivity contribution in [2.45, 2.75) is 5.41 Å². The number of benzene rings is 8. The first-order chi connectivity index (χ1) is 25.3. The first-order valence-electron chi connectivity index (χ1n) is 17.6. The number of para-hydroxylation sites is 2. The van der Waals surface area contributed by atoms with Gasteiger partial charge in [-0.3, -0.25) is 0 Å². The van der Waals surface area contributed by atoms with Crippen molar-refractivity contribution in [1.29, 1.82) is 0 Å². The lowest BCUT2D eigenvalue weighted by Crippen LogP contribution is -2.26. The second-order valence-corrected chi connectivity index (χ2v) is 13.6. The Morgan fingerprint density at radius 3 is 1.57 bits per heavy atom. The highest BCUT2D eigenvalue weighted by Crippen LogP contribution is 2.63. The van der Waals surface area contributed by atoms with Crippen molar-refractivity contribution >= 4 is 39.0 Å². The predicted molar refractivity (Wildman–Crippen MR) is 210 cm³/mol. The first kappa shape index (κ1) is 28.2. The largest absolute Gasteiger partial charge is 0.456 e. The summed E-state index contributed by atoms with van der Waals surface area (Å²) in [6, 6.07) is 68.6. The van der Waals surface area contributed by atoms with Crippen molar-refractivity contribution in [3.63, 3.8) is 0 Å². The van der Waals surface area contributed by atoms with Crippen LogP contribution in [0.25, 0.3) is 55.3 Å². The Bertz CT molecular complexity index is 2760. The van der Waals surface area contributed by atoms with Gasteiger partial charge < -0.3 is 9.32 Å². The maximum atomic E-state index is 6.30. The molecule has 2 nitrogen and oxygen atoms in total. The van der Waals surface area contributed by atoms with Crippen LogP contribution in [0.1, 0.15) is 22.3 Å². The Morgan fingerprint density at radius 2 is 0.863 bits per heavy atom. The summed E-state index contributed by atoms with van der Waals surface area (Å²) in [4.78, 5) is 2.44. The third-order valence-electron chi connectivity index (χ3n) is 11.1. The van der Waals surface area contributed by atoms with Crippen LogP contribution >= 0.6 is 0 Å². The number of hydrogen-bond acceptors (Lipinski definition) is 2. The fourth-order valence-corrected chi connectivity index (χ4v) is 9.03. The summed E-state index contributed by atoms with van der Waals surface area (Å²) < 4.78 is 6.30. The third kappa shape index (κ3) is 3.87. The minimum Gasteiger partial charge on any atom is -0.456 e. The van der Waals surface area contributed by atoms with E-state index >= 15 is 0 Å². The molecule has 0 fully saturated rings. The van der Waals surface area contributed by atoms with Crippen LogP contribution in [0.2, 0.25) is 0 Å². The van der Waals surface area contributed by atoms with E-state index in [0.29, 0.717) is 0 Å². The van der Waals surface area contributed by atoms with Crippen molar-refractivity contribution in [3.8, 4) is 33.4 Å². The molecule has 0 bridgehead atoms. The normalized spacial score (nSPS) is 13.3. The molecule has 8 aromatic carbocycles. The van der Waals surface area contributed by atoms with E-state index < -0.39 is 5.41 Å². The van der Waals surface area contributed by atoms with Crippen LogP contribution in [-0.2, 0) is 5.41 Å². The Balaban J connectivity index is 1.22. The predicted octanol–water partition coefficient (Wildman–Crippen LogP) is 13.1. The fraction of sp³-hybridized carbons (Fsp3) is 0.0204. The van der Waals surface area contributed by atoms with Gasteiger partial charge in [0.15, 0.2) is 0 Å². The summed E-state index contributed by atoms with van der Waals surface area (Å²) >= 11 is 0. The van der Waals surface area contributed by atoms with E-state index in [0.717, 1.165) is 39.0 Å². The number of hydrogen-bond donors (Lipinski definition) is 0. The zero-order valence-electron chi connectivity index (χ0n) is 27.8. The molecule has 238 valence electrons. The van der Waals surface area contributed by atoms with Gasteiger partial charge >= 0.3 is 0 Å². The van der Waals surface area contributed by atoms with Gasteiger partial charge in [-0.2, -0.15) is 0 Å². The van der Waals surface area contributed by atoms with E-state index in [9.17, 15) is 0 Å². The highest BCUT2D eigenvalue weighted by atomic mass is 16.3. The molecule has 2 heteroatoms. The average Bonchev–Trinajstić information content (AvgIpc) is 3.82. The van der Waals surface area contributed by atoms with Gasteiger partial charge in [-0.25, -0.2) is 0 Å². The Morgan fingerprint density at radius 1 is 0.353 bits per heavy atom. The van der Waals surface area contributed by atoms with E-state index in [1.54, 1.807) is 0 Å². The van der Waals surface area contributed by atoms with Gasteiger partial charge in [-0.05, 0) is 92.5 Å². The van der Waals surface area contributed by atoms with Gasteiger partial charge in [-0.15, -0.1) is 0 Å². The van der Waals surface area contributed by atoms with Crippen LogP contribution in [0.5, 0.6) is 0 Å². The Hall–Kier alpha value is -6.64. The van der Waals surface area contributed by atoms with E-state index in [-0.39, 0.29) is 0 Å². The van der Waals surface area contributed by atoms with Gasteiger partial charge in [0.05, 0.1) is 11.1 Å². The molecular formula is C49H31NO. The van der Waals surface area contributed by atoms with Gasteiger partial charge in [0, 0.05) is 27.7 Å². The van der Waals surface area contributed by atoms with Crippen molar-refractivity contribution in [2.75, 3.05) is 4.90 Å². The molecule has 1 spiro atoms. The highest BCUT2D eigenvalue weighted by Gasteiger charge is 2.51. The summed E-state index contributed by atoms with van der Waals surface area (Å²) in [5.74, 6) is 0. The summed E-state index contributed by atoms with van der Waals surface area (Å²) in [6.45, 7) is 0. The molecule has 0 saturated carbocycles. The molecule has 0 amide bonds. The minimum atomic E-state index is -0.426. The van der Waals surface area contributed by atoms with Crippen LogP contribution < -0.4 is 4.90 Å². The first-order valence-corrected chi connectivity index (χ1v) is 17.6. The van der Waals surface area contributed by atoms with E-state index in [2.05, 4.69) is 181 Å². The summed E-state index contributed by atoms with van der Waals surface area (Å²) in [6.07, 6.45) is 0. The smallest absolute Gasteiger partial charge is 0.135 e. The molecule has 11 rings (SSSR count). The van der Waals surface area contributed by atoms with Crippen molar-refractivity contribution in [1.82, 2.24) is 0 Å². The molecule has 0 N–H and O–H groups in total. The van der Waals surface area contributed by atoms with Crippen LogP contribution in [-0.4, -0.2) is 0 Å². The average molecular weight is 650 g/mol. The molecule has 0 aliphatic heterocycles. The molecule has 0 radical (unpaired) electrons. The summed E-state index contributed by atoms with van der Waals surface area (Å²) in [5.41, 5.74) is 17.6. The molecule has 2 aliphatic rings. The molecule has 0 atom stereocenters. The number of furan rings is 1. The van der Waals surface area contributed by atoms with E-state index in [4.69, 9.17) is 4.42 Å². The van der Waals surface area contributed by atoms with Gasteiger partial charge in [0.1, 0.15) is 11.2 Å². The number of nitrogens with zero attached hydrogens (tertiary/aromatic N) is 1. The van der Waals surface area contributed by atoms with Gasteiger partial charge in [-0.1, -0.05) is 146 Å². The van der Waals surface area contributed by atoms with Crippen molar-refractivity contribution in [3.05, 3.63) is 210 Å². The quantitative estimate of drug-likeness (QED) is 0.189. The summed E-state index contributed by atoms with van der Waals surface area (Å²) in [7, 11) is 0. The molecule has 51 heavy (non-hydrogen) atoms. The Kier molecular flexibility index (Phi) is 5.91. The molecule has 9 aromatic rings. The SMILES string of the molecule is c1ccc(-c2ccccc2N(c2ccc3c(c2)C2(c4ccccc4-c4ccccc42)c2ccccc2-3)c2ccc3oc4ccccc4c3c2)cc1. The van der Waals surface area contributed by atoms with Crippen LogP contribution in [0, 0.1) is 0 Å². The van der Waals surface area contributed by atoms with Crippen molar-refractivity contribution < 1.29 is 4.42 Å². The zero-order valence-corrected chi connectivity index (χ0v) is 27.8. The number of anilines is 3. The summed E-state index contributed by atoms with van der Waals surface area (Å²) in [5, 5.41) is 2.22. The second-order valence-electron chi connectivity index (χ2n) is 13.6. The molecule has 1 heterocycles. The fourth-order valence-electron chi connectivity index (χ4n) is 9.03. The van der Waals surface area contributed by atoms with E-state index in [1.165, 1.54) is 55.6 Å². The lowest BCUT2D eigenvalue weighted by atomic mass is 9.70. The van der Waals surface area contributed by atoms with E-state index in [1.807, 2.05) is 12.1 Å². The Labute approximate surface area is 296 Å². The lowest BCUT2D eigenvalue weighted by Gasteiger charge is -2.32.